The Balaban J connectivity index is 2.12. The first-order valence-corrected chi connectivity index (χ1v) is 5.93. The number of nitrogens with zero attached hydrogens (tertiary/aromatic N) is 4. The third-order valence-electron chi connectivity index (χ3n) is 2.71. The molecule has 1 aromatic rings. The van der Waals surface area contributed by atoms with Crippen LogP contribution in [0.15, 0.2) is 0 Å². The molecule has 4 N–H and O–H groups in total. The Bertz CT molecular complexity index is 392. The molecular formula is C10H19N7O. The highest BCUT2D eigenvalue weighted by molar-refractivity contribution is 5.42. The highest BCUT2D eigenvalue weighted by atomic mass is 16.5. The van der Waals surface area contributed by atoms with Crippen molar-refractivity contribution in [2.45, 2.75) is 18.9 Å². The lowest BCUT2D eigenvalue weighted by Gasteiger charge is -2.23. The highest BCUT2D eigenvalue weighted by Crippen LogP contribution is 2.15. The summed E-state index contributed by atoms with van der Waals surface area (Å²) in [6, 6.07) is 0.335. The number of hydrogen-bond donors (Lipinski definition) is 3. The molecule has 0 amide bonds. The van der Waals surface area contributed by atoms with Crippen LogP contribution in [0.3, 0.4) is 0 Å². The van der Waals surface area contributed by atoms with Crippen molar-refractivity contribution in [1.29, 1.82) is 0 Å². The zero-order chi connectivity index (χ0) is 13.0. The van der Waals surface area contributed by atoms with Gasteiger partial charge in [0.25, 0.3) is 0 Å². The van der Waals surface area contributed by atoms with Gasteiger partial charge in [-0.25, -0.2) is 5.84 Å². The van der Waals surface area contributed by atoms with E-state index in [1.807, 2.05) is 14.1 Å². The number of aromatic nitrogens is 3. The average Bonchev–Trinajstić information content (AvgIpc) is 2.39. The quantitative estimate of drug-likeness (QED) is 0.501. The van der Waals surface area contributed by atoms with Crippen LogP contribution < -0.4 is 21.5 Å². The summed E-state index contributed by atoms with van der Waals surface area (Å²) in [5.74, 6) is 6.80. The molecule has 1 aromatic heterocycles. The summed E-state index contributed by atoms with van der Waals surface area (Å²) in [6.45, 7) is 1.54. The Morgan fingerprint density at radius 3 is 2.44 bits per heavy atom. The monoisotopic (exact) mass is 253 g/mol. The molecule has 8 heteroatoms. The Labute approximate surface area is 106 Å². The van der Waals surface area contributed by atoms with Crippen molar-refractivity contribution < 1.29 is 4.74 Å². The number of nitrogens with two attached hydrogens (primary N) is 1. The van der Waals surface area contributed by atoms with Crippen LogP contribution >= 0.6 is 0 Å². The van der Waals surface area contributed by atoms with Gasteiger partial charge < -0.3 is 15.0 Å². The molecular weight excluding hydrogens is 234 g/mol. The molecule has 0 aromatic carbocycles. The number of nitrogens with one attached hydrogen (secondary N) is 2. The molecule has 18 heavy (non-hydrogen) atoms. The standard InChI is InChI=1S/C10H19N7O/c1-17(2)10-14-8(13-9(15-10)16-11)12-7-3-5-18-6-4-7/h7H,3-6,11H2,1-2H3,(H2,12,13,14,15,16). The number of hydrazine groups is 1. The largest absolute Gasteiger partial charge is 0.381 e. The Morgan fingerprint density at radius 1 is 1.17 bits per heavy atom. The second-order valence-electron chi connectivity index (χ2n) is 4.35. The van der Waals surface area contributed by atoms with Crippen molar-refractivity contribution in [3.05, 3.63) is 0 Å². The first kappa shape index (κ1) is 12.8. The van der Waals surface area contributed by atoms with Crippen LogP contribution in [-0.4, -0.2) is 48.3 Å². The molecule has 1 aliphatic heterocycles. The Hall–Kier alpha value is -1.67. The molecule has 0 spiro atoms. The van der Waals surface area contributed by atoms with Gasteiger partial charge in [0.1, 0.15) is 0 Å². The lowest BCUT2D eigenvalue weighted by atomic mass is 10.1. The van der Waals surface area contributed by atoms with E-state index in [1.165, 1.54) is 0 Å². The molecule has 100 valence electrons. The second-order valence-corrected chi connectivity index (χ2v) is 4.35. The van der Waals surface area contributed by atoms with E-state index in [4.69, 9.17) is 10.6 Å². The summed E-state index contributed by atoms with van der Waals surface area (Å²) in [7, 11) is 3.74. The minimum Gasteiger partial charge on any atom is -0.381 e. The van der Waals surface area contributed by atoms with E-state index in [0.717, 1.165) is 26.1 Å². The maximum absolute atomic E-state index is 5.35. The molecule has 0 saturated carbocycles. The minimum absolute atomic E-state index is 0.335. The van der Waals surface area contributed by atoms with Crippen LogP contribution in [0.5, 0.6) is 0 Å². The fourth-order valence-electron chi connectivity index (χ4n) is 1.72. The summed E-state index contributed by atoms with van der Waals surface area (Å²) in [4.78, 5) is 14.5. The van der Waals surface area contributed by atoms with E-state index in [9.17, 15) is 0 Å². The van der Waals surface area contributed by atoms with Gasteiger partial charge >= 0.3 is 0 Å². The van der Waals surface area contributed by atoms with Crippen LogP contribution in [0, 0.1) is 0 Å². The maximum Gasteiger partial charge on any atom is 0.243 e. The molecule has 1 saturated heterocycles. The van der Waals surface area contributed by atoms with E-state index in [2.05, 4.69) is 25.7 Å². The molecule has 8 nitrogen and oxygen atoms in total. The van der Waals surface area contributed by atoms with Crippen molar-refractivity contribution >= 4 is 17.8 Å². The summed E-state index contributed by atoms with van der Waals surface area (Å²) >= 11 is 0. The summed E-state index contributed by atoms with van der Waals surface area (Å²) in [5, 5.41) is 3.29. The fraction of sp³-hybridized carbons (Fsp3) is 0.700. The SMILES string of the molecule is CN(C)c1nc(NN)nc(NC2CCOCC2)n1. The third-order valence-corrected chi connectivity index (χ3v) is 2.71. The fourth-order valence-corrected chi connectivity index (χ4v) is 1.72. The maximum atomic E-state index is 5.35. The van der Waals surface area contributed by atoms with E-state index >= 15 is 0 Å². The number of rotatable bonds is 4. The van der Waals surface area contributed by atoms with Gasteiger partial charge in [-0.2, -0.15) is 15.0 Å². The number of anilines is 3. The van der Waals surface area contributed by atoms with E-state index in [0.29, 0.717) is 23.9 Å². The predicted molar refractivity (Wildman–Crippen MR) is 69.4 cm³/mol. The molecule has 2 heterocycles. The highest BCUT2D eigenvalue weighted by Gasteiger charge is 2.16. The topological polar surface area (TPSA) is 101 Å². The van der Waals surface area contributed by atoms with Crippen LogP contribution in [0.1, 0.15) is 12.8 Å². The molecule has 1 aliphatic rings. The van der Waals surface area contributed by atoms with Crippen LogP contribution in [-0.2, 0) is 4.74 Å². The van der Waals surface area contributed by atoms with Crippen LogP contribution in [0.2, 0.25) is 0 Å². The number of hydrogen-bond acceptors (Lipinski definition) is 8. The molecule has 0 aliphatic carbocycles. The van der Waals surface area contributed by atoms with Gasteiger partial charge in [0, 0.05) is 33.4 Å². The molecule has 1 fully saturated rings. The lowest BCUT2D eigenvalue weighted by Crippen LogP contribution is -2.29. The minimum atomic E-state index is 0.335. The zero-order valence-electron chi connectivity index (χ0n) is 10.7. The molecule has 0 atom stereocenters. The van der Waals surface area contributed by atoms with Crippen LogP contribution in [0.25, 0.3) is 0 Å². The van der Waals surface area contributed by atoms with Gasteiger partial charge in [-0.15, -0.1) is 0 Å². The van der Waals surface area contributed by atoms with Gasteiger partial charge in [-0.05, 0) is 12.8 Å². The number of nitrogen functional groups attached to an aromatic ring is 1. The van der Waals surface area contributed by atoms with Gasteiger partial charge in [-0.1, -0.05) is 0 Å². The molecule has 0 unspecified atom stereocenters. The molecule has 2 rings (SSSR count). The van der Waals surface area contributed by atoms with E-state index in [-0.39, 0.29) is 0 Å². The summed E-state index contributed by atoms with van der Waals surface area (Å²) < 4.78 is 5.31. The van der Waals surface area contributed by atoms with Gasteiger partial charge in [-0.3, -0.25) is 5.43 Å². The third kappa shape index (κ3) is 3.17. The van der Waals surface area contributed by atoms with Crippen molar-refractivity contribution in [1.82, 2.24) is 15.0 Å². The second kappa shape index (κ2) is 5.78. The average molecular weight is 253 g/mol. The van der Waals surface area contributed by atoms with Crippen LogP contribution in [0.4, 0.5) is 17.8 Å². The number of ether oxygens (including phenoxy) is 1. The Morgan fingerprint density at radius 2 is 1.83 bits per heavy atom. The summed E-state index contributed by atoms with van der Waals surface area (Å²) in [6.07, 6.45) is 1.91. The van der Waals surface area contributed by atoms with Crippen molar-refractivity contribution in [3.8, 4) is 0 Å². The zero-order valence-corrected chi connectivity index (χ0v) is 10.7. The van der Waals surface area contributed by atoms with Crippen molar-refractivity contribution in [2.75, 3.05) is 43.0 Å². The molecule has 0 bridgehead atoms. The first-order valence-electron chi connectivity index (χ1n) is 5.93. The lowest BCUT2D eigenvalue weighted by molar-refractivity contribution is 0.0903. The van der Waals surface area contributed by atoms with Crippen molar-refractivity contribution in [2.24, 2.45) is 5.84 Å². The van der Waals surface area contributed by atoms with Gasteiger partial charge in [0.2, 0.25) is 17.8 Å². The van der Waals surface area contributed by atoms with E-state index in [1.54, 1.807) is 4.90 Å². The first-order chi connectivity index (χ1) is 8.69. The van der Waals surface area contributed by atoms with Gasteiger partial charge in [0.15, 0.2) is 0 Å². The van der Waals surface area contributed by atoms with Gasteiger partial charge in [0.05, 0.1) is 0 Å². The normalized spacial score (nSPS) is 16.4. The Kier molecular flexibility index (Phi) is 4.11. The van der Waals surface area contributed by atoms with Crippen molar-refractivity contribution in [3.63, 3.8) is 0 Å². The smallest absolute Gasteiger partial charge is 0.243 e. The van der Waals surface area contributed by atoms with E-state index < -0.39 is 0 Å². The summed E-state index contributed by atoms with van der Waals surface area (Å²) in [5.41, 5.74) is 2.45. The molecule has 0 radical (unpaired) electrons. The predicted octanol–water partition coefficient (Wildman–Crippen LogP) is -0.186.